The highest BCUT2D eigenvalue weighted by Gasteiger charge is 2.47. The number of rotatable bonds is 8. The third-order valence-electron chi connectivity index (χ3n) is 7.16. The molecule has 4 rings (SSSR count). The van der Waals surface area contributed by atoms with Gasteiger partial charge in [-0.1, -0.05) is 72.5 Å². The third kappa shape index (κ3) is 7.59. The average Bonchev–Trinajstić information content (AvgIpc) is 3.10. The van der Waals surface area contributed by atoms with Crippen molar-refractivity contribution >= 4 is 29.4 Å². The zero-order chi connectivity index (χ0) is 32.7. The van der Waals surface area contributed by atoms with Gasteiger partial charge in [-0.05, 0) is 56.1 Å². The van der Waals surface area contributed by atoms with Crippen molar-refractivity contribution in [3.8, 4) is 11.8 Å². The number of benzene rings is 3. The maximum absolute atomic E-state index is 14.7. The van der Waals surface area contributed by atoms with Crippen LogP contribution >= 0.6 is 0 Å². The first-order chi connectivity index (χ1) is 21.4. The fraction of sp³-hybridized carbons (Fsp3) is 0.294. The minimum atomic E-state index is -5.41. The molecule has 234 valence electrons. The molecule has 0 bridgehead atoms. The van der Waals surface area contributed by atoms with Crippen molar-refractivity contribution in [2.45, 2.75) is 57.4 Å². The molecule has 1 aliphatic heterocycles. The van der Waals surface area contributed by atoms with Crippen LogP contribution in [0.4, 0.5) is 18.9 Å². The number of hydrogen-bond acceptors (Lipinski definition) is 6. The van der Waals surface area contributed by atoms with Crippen LogP contribution in [-0.4, -0.2) is 47.4 Å². The van der Waals surface area contributed by atoms with Crippen molar-refractivity contribution in [3.63, 3.8) is 0 Å². The molecular weight excluding hydrogens is 587 g/mol. The van der Waals surface area contributed by atoms with Crippen molar-refractivity contribution in [1.29, 1.82) is 0 Å². The van der Waals surface area contributed by atoms with Crippen LogP contribution in [0.5, 0.6) is 0 Å². The number of unbranched alkanes of at least 4 members (excludes halogenated alkanes) is 1. The van der Waals surface area contributed by atoms with E-state index in [0.29, 0.717) is 41.8 Å². The summed E-state index contributed by atoms with van der Waals surface area (Å²) in [5.41, 5.74) is 7.25. The Morgan fingerprint density at radius 1 is 0.978 bits per heavy atom. The fourth-order valence-electron chi connectivity index (χ4n) is 5.18. The van der Waals surface area contributed by atoms with Gasteiger partial charge in [-0.3, -0.25) is 14.4 Å². The lowest BCUT2D eigenvalue weighted by Crippen LogP contribution is -2.46. The number of carbonyl (C=O) groups excluding carboxylic acids is 4. The van der Waals surface area contributed by atoms with E-state index >= 15 is 0 Å². The van der Waals surface area contributed by atoms with Gasteiger partial charge in [0.15, 0.2) is 0 Å². The summed E-state index contributed by atoms with van der Waals surface area (Å²) in [5.74, 6) is 0.685. The Balaban J connectivity index is 1.94. The number of fused-ring (bicyclic) bond motifs is 1. The van der Waals surface area contributed by atoms with E-state index in [-0.39, 0.29) is 5.56 Å². The molecule has 45 heavy (non-hydrogen) atoms. The molecule has 0 radical (unpaired) electrons. The van der Waals surface area contributed by atoms with E-state index in [2.05, 4.69) is 16.6 Å². The highest BCUT2D eigenvalue weighted by atomic mass is 19.4. The lowest BCUT2D eigenvalue weighted by Gasteiger charge is -2.37. The fourth-order valence-corrected chi connectivity index (χ4v) is 5.18. The molecule has 1 heterocycles. The van der Waals surface area contributed by atoms with E-state index in [9.17, 15) is 32.3 Å². The molecule has 1 aliphatic rings. The number of esters is 2. The molecular formula is C34H32F3N3O5. The molecule has 11 heteroatoms. The van der Waals surface area contributed by atoms with E-state index in [1.165, 1.54) is 9.80 Å². The number of nitrogens with zero attached hydrogens (tertiary/aromatic N) is 2. The monoisotopic (exact) mass is 619 g/mol. The summed E-state index contributed by atoms with van der Waals surface area (Å²) in [7, 11) is 0. The van der Waals surface area contributed by atoms with Gasteiger partial charge >= 0.3 is 18.1 Å². The van der Waals surface area contributed by atoms with Crippen molar-refractivity contribution in [2.75, 3.05) is 11.4 Å². The van der Waals surface area contributed by atoms with Gasteiger partial charge in [-0.25, -0.2) is 4.79 Å². The molecule has 0 aliphatic carbocycles. The summed E-state index contributed by atoms with van der Waals surface area (Å²) in [6, 6.07) is 18.4. The third-order valence-corrected chi connectivity index (χ3v) is 7.16. The maximum atomic E-state index is 14.7. The molecule has 0 saturated carbocycles. The molecule has 0 saturated heterocycles. The first-order valence-electron chi connectivity index (χ1n) is 14.3. The number of carbonyl (C=O) groups is 4. The minimum Gasteiger partial charge on any atom is -0.386 e. The number of halogens is 3. The molecule has 2 N–H and O–H groups in total. The second-order valence-corrected chi connectivity index (χ2v) is 10.6. The maximum Gasteiger partial charge on any atom is 0.491 e. The van der Waals surface area contributed by atoms with E-state index in [4.69, 9.17) is 5.73 Å². The van der Waals surface area contributed by atoms with Crippen molar-refractivity contribution < 1.29 is 37.1 Å². The number of alkyl halides is 3. The molecule has 2 unspecified atom stereocenters. The summed E-state index contributed by atoms with van der Waals surface area (Å²) in [6.07, 6.45) is -5.03. The Morgan fingerprint density at radius 2 is 1.62 bits per heavy atom. The predicted molar refractivity (Wildman–Crippen MR) is 161 cm³/mol. The molecule has 0 fully saturated rings. The molecule has 0 aromatic heterocycles. The summed E-state index contributed by atoms with van der Waals surface area (Å²) in [5, 5.41) is 0. The van der Waals surface area contributed by atoms with Gasteiger partial charge in [0.25, 0.3) is 11.8 Å². The van der Waals surface area contributed by atoms with E-state index in [1.807, 2.05) is 0 Å². The van der Waals surface area contributed by atoms with E-state index < -0.39 is 54.5 Å². The predicted octanol–water partition coefficient (Wildman–Crippen LogP) is 5.48. The summed E-state index contributed by atoms with van der Waals surface area (Å²) in [6.45, 7) is 4.05. The van der Waals surface area contributed by atoms with Crippen LogP contribution < -0.4 is 10.6 Å². The average molecular weight is 620 g/mol. The normalized spacial score (nSPS) is 15.6. The molecule has 3 aromatic carbocycles. The minimum absolute atomic E-state index is 0.113. The van der Waals surface area contributed by atoms with Crippen LogP contribution in [0.2, 0.25) is 0 Å². The van der Waals surface area contributed by atoms with Gasteiger partial charge in [0.05, 0.1) is 23.7 Å². The first-order valence-corrected chi connectivity index (χ1v) is 14.3. The number of ether oxygens (including phenoxy) is 1. The van der Waals surface area contributed by atoms with Gasteiger partial charge in [0.1, 0.15) is 6.04 Å². The van der Waals surface area contributed by atoms with Crippen LogP contribution in [0.25, 0.3) is 0 Å². The van der Waals surface area contributed by atoms with Crippen LogP contribution in [0.3, 0.4) is 0 Å². The van der Waals surface area contributed by atoms with Gasteiger partial charge in [0, 0.05) is 18.0 Å². The number of hydrogen-bond donors (Lipinski definition) is 1. The zero-order valence-electron chi connectivity index (χ0n) is 24.7. The van der Waals surface area contributed by atoms with Gasteiger partial charge in [0.2, 0.25) is 0 Å². The summed E-state index contributed by atoms with van der Waals surface area (Å²) < 4.78 is 43.0. The Bertz CT molecular complexity index is 1610. The van der Waals surface area contributed by atoms with E-state index in [1.54, 1.807) is 92.7 Å². The van der Waals surface area contributed by atoms with Crippen LogP contribution in [-0.2, 0) is 19.1 Å². The largest absolute Gasteiger partial charge is 0.491 e. The Hall–Kier alpha value is -4.95. The van der Waals surface area contributed by atoms with Gasteiger partial charge in [-0.15, -0.1) is 0 Å². The SMILES string of the molecule is CC(C)N1C(=O)C(c2ccccc2)N(C(CC(=O)OC(=O)C(F)(F)F)c2ccccc2)C(=O)c2cc(C#CCCCN)ccc21. The molecule has 0 spiro atoms. The molecule has 2 amide bonds. The Kier molecular flexibility index (Phi) is 10.4. The lowest BCUT2D eigenvalue weighted by molar-refractivity contribution is -0.202. The quantitative estimate of drug-likeness (QED) is 0.155. The zero-order valence-corrected chi connectivity index (χ0v) is 24.7. The highest BCUT2D eigenvalue weighted by Crippen LogP contribution is 2.42. The van der Waals surface area contributed by atoms with Crippen molar-refractivity contribution in [1.82, 2.24) is 4.90 Å². The van der Waals surface area contributed by atoms with Gasteiger partial charge < -0.3 is 20.3 Å². The number of amides is 2. The second-order valence-electron chi connectivity index (χ2n) is 10.6. The molecule has 3 aromatic rings. The van der Waals surface area contributed by atoms with Crippen LogP contribution in [0.15, 0.2) is 78.9 Å². The standard InChI is InChI=1S/C34H32F3N3O5/c1-22(2)39-27-18-17-23(12-6-5-11-19-38)20-26(27)31(42)40(30(32(39)43)25-15-9-4-10-16-25)28(24-13-7-3-8-14-24)21-29(41)45-33(44)34(35,36)37/h3-4,7-10,13-18,20,22,28,30H,5,11,19,21,38H2,1-2H3. The number of nitrogens with two attached hydrogens (primary N) is 1. The Morgan fingerprint density at radius 3 is 2.22 bits per heavy atom. The van der Waals surface area contributed by atoms with Crippen LogP contribution in [0.1, 0.15) is 72.2 Å². The first kappa shape index (κ1) is 33.0. The lowest BCUT2D eigenvalue weighted by atomic mass is 9.95. The van der Waals surface area contributed by atoms with Crippen LogP contribution in [0, 0.1) is 11.8 Å². The van der Waals surface area contributed by atoms with E-state index in [0.717, 1.165) is 0 Å². The topological polar surface area (TPSA) is 110 Å². The summed E-state index contributed by atoms with van der Waals surface area (Å²) in [4.78, 5) is 56.4. The Labute approximate surface area is 258 Å². The highest BCUT2D eigenvalue weighted by molar-refractivity contribution is 6.12. The summed E-state index contributed by atoms with van der Waals surface area (Å²) >= 11 is 0. The number of anilines is 1. The van der Waals surface area contributed by atoms with Gasteiger partial charge in [-0.2, -0.15) is 13.2 Å². The van der Waals surface area contributed by atoms with Crippen molar-refractivity contribution in [2.24, 2.45) is 5.73 Å². The second kappa shape index (κ2) is 14.2. The molecule has 8 nitrogen and oxygen atoms in total. The smallest absolute Gasteiger partial charge is 0.386 e. The molecule has 2 atom stereocenters. The van der Waals surface area contributed by atoms with Crippen molar-refractivity contribution in [3.05, 3.63) is 101 Å².